The molecule has 28 heavy (non-hydrogen) atoms. The third-order valence-electron chi connectivity index (χ3n) is 5.05. The van der Waals surface area contributed by atoms with Crippen molar-refractivity contribution in [3.63, 3.8) is 0 Å². The molecule has 2 aliphatic heterocycles. The molecule has 1 aromatic carbocycles. The van der Waals surface area contributed by atoms with E-state index in [0.29, 0.717) is 6.07 Å². The Labute approximate surface area is 168 Å². The summed E-state index contributed by atoms with van der Waals surface area (Å²) in [6.45, 7) is 7.31. The standard InChI is InChI=1S/C17H20BClF2N2O4S/c1-15(2)16(3,4)27-18(26-15)17(19)14(6-5-9-22-17)23-28(24,25)13-8-7-11(20)10-12(13)21/h5-10,22-23H,1-4H3. The van der Waals surface area contributed by atoms with E-state index in [2.05, 4.69) is 10.0 Å². The van der Waals surface area contributed by atoms with Crippen molar-refractivity contribution in [3.8, 4) is 0 Å². The Hall–Kier alpha value is -1.62. The molecule has 1 saturated heterocycles. The number of dihydropyridines is 1. The second-order valence-corrected chi connectivity index (χ2v) is 9.81. The highest BCUT2D eigenvalue weighted by Crippen LogP contribution is 2.43. The first kappa shape index (κ1) is 21.1. The monoisotopic (exact) mass is 432 g/mol. The number of sulfonamides is 1. The normalized spacial score (nSPS) is 26.0. The molecule has 2 aliphatic rings. The number of alkyl halides is 1. The summed E-state index contributed by atoms with van der Waals surface area (Å²) in [6.07, 6.45) is 4.44. The summed E-state index contributed by atoms with van der Waals surface area (Å²) in [5.74, 6) is -2.11. The van der Waals surface area contributed by atoms with Gasteiger partial charge in [0.1, 0.15) is 16.5 Å². The van der Waals surface area contributed by atoms with Crippen LogP contribution in [0.15, 0.2) is 47.1 Å². The van der Waals surface area contributed by atoms with Crippen LogP contribution in [0.25, 0.3) is 0 Å². The van der Waals surface area contributed by atoms with Gasteiger partial charge in [0, 0.05) is 6.07 Å². The van der Waals surface area contributed by atoms with Crippen molar-refractivity contribution in [2.75, 3.05) is 0 Å². The Bertz CT molecular complexity index is 952. The van der Waals surface area contributed by atoms with Crippen LogP contribution >= 0.6 is 11.6 Å². The quantitative estimate of drug-likeness (QED) is 0.435. The molecular weight excluding hydrogens is 413 g/mol. The summed E-state index contributed by atoms with van der Waals surface area (Å²) in [4.78, 5) is -2.33. The van der Waals surface area contributed by atoms with Gasteiger partial charge in [-0.15, -0.1) is 0 Å². The molecule has 0 bridgehead atoms. The molecule has 152 valence electrons. The predicted octanol–water partition coefficient (Wildman–Crippen LogP) is 2.81. The molecule has 1 fully saturated rings. The summed E-state index contributed by atoms with van der Waals surface area (Å²) in [5.41, 5.74) is -1.45. The highest BCUT2D eigenvalue weighted by atomic mass is 35.5. The van der Waals surface area contributed by atoms with E-state index in [4.69, 9.17) is 20.9 Å². The van der Waals surface area contributed by atoms with Gasteiger partial charge in [-0.3, -0.25) is 4.72 Å². The highest BCUT2D eigenvalue weighted by molar-refractivity contribution is 7.89. The van der Waals surface area contributed by atoms with E-state index in [1.807, 2.05) is 27.7 Å². The molecule has 0 aromatic heterocycles. The molecule has 2 heterocycles. The van der Waals surface area contributed by atoms with Gasteiger partial charge in [0.15, 0.2) is 4.90 Å². The first-order valence-corrected chi connectivity index (χ1v) is 10.3. The zero-order valence-electron chi connectivity index (χ0n) is 15.7. The SMILES string of the molecule is CC1(C)OB(C2(Cl)NC=CC=C2NS(=O)(=O)c2ccc(F)cc2F)OC1(C)C. The van der Waals surface area contributed by atoms with Crippen LogP contribution in [-0.4, -0.2) is 31.6 Å². The van der Waals surface area contributed by atoms with Crippen LogP contribution in [0.1, 0.15) is 27.7 Å². The van der Waals surface area contributed by atoms with Crippen molar-refractivity contribution in [1.82, 2.24) is 10.0 Å². The van der Waals surface area contributed by atoms with Crippen LogP contribution in [0, 0.1) is 11.6 Å². The average Bonchev–Trinajstić information content (AvgIpc) is 2.77. The van der Waals surface area contributed by atoms with E-state index in [-0.39, 0.29) is 5.70 Å². The van der Waals surface area contributed by atoms with E-state index in [1.165, 1.54) is 18.4 Å². The summed E-state index contributed by atoms with van der Waals surface area (Å²) >= 11 is 6.70. The summed E-state index contributed by atoms with van der Waals surface area (Å²) in [6, 6.07) is 2.18. The lowest BCUT2D eigenvalue weighted by molar-refractivity contribution is 0.00578. The molecule has 0 radical (unpaired) electrons. The second kappa shape index (κ2) is 6.72. The van der Waals surface area contributed by atoms with E-state index in [1.54, 1.807) is 0 Å². The predicted molar refractivity (Wildman–Crippen MR) is 102 cm³/mol. The van der Waals surface area contributed by atoms with Gasteiger partial charge < -0.3 is 14.6 Å². The molecule has 11 heteroatoms. The first-order valence-electron chi connectivity index (χ1n) is 8.46. The molecule has 3 rings (SSSR count). The number of rotatable bonds is 4. The van der Waals surface area contributed by atoms with Crippen LogP contribution in [0.5, 0.6) is 0 Å². The van der Waals surface area contributed by atoms with Gasteiger partial charge >= 0.3 is 7.12 Å². The molecule has 1 atom stereocenters. The van der Waals surface area contributed by atoms with Crippen molar-refractivity contribution in [1.29, 1.82) is 0 Å². The van der Waals surface area contributed by atoms with E-state index in [0.717, 1.165) is 12.1 Å². The number of hydrogen-bond donors (Lipinski definition) is 2. The van der Waals surface area contributed by atoms with Gasteiger partial charge in [-0.1, -0.05) is 11.6 Å². The molecule has 6 nitrogen and oxygen atoms in total. The van der Waals surface area contributed by atoms with Crippen molar-refractivity contribution >= 4 is 28.7 Å². The molecule has 1 aromatic rings. The summed E-state index contributed by atoms with van der Waals surface area (Å²) in [7, 11) is -5.45. The van der Waals surface area contributed by atoms with Crippen LogP contribution in [-0.2, 0) is 19.3 Å². The smallest absolute Gasteiger partial charge is 0.401 e. The minimum Gasteiger partial charge on any atom is -0.401 e. The Balaban J connectivity index is 1.94. The molecule has 0 aliphatic carbocycles. The molecule has 1 unspecified atom stereocenters. The Morgan fingerprint density at radius 1 is 1.14 bits per heavy atom. The lowest BCUT2D eigenvalue weighted by atomic mass is 9.74. The van der Waals surface area contributed by atoms with Gasteiger partial charge in [0.25, 0.3) is 10.0 Å². The van der Waals surface area contributed by atoms with E-state index < -0.39 is 49.8 Å². The van der Waals surface area contributed by atoms with Gasteiger partial charge in [0.2, 0.25) is 0 Å². The fraction of sp³-hybridized carbons (Fsp3) is 0.412. The number of benzene rings is 1. The van der Waals surface area contributed by atoms with Crippen LogP contribution in [0.4, 0.5) is 8.78 Å². The number of nitrogens with one attached hydrogen (secondary N) is 2. The van der Waals surface area contributed by atoms with Crippen LogP contribution < -0.4 is 10.0 Å². The zero-order valence-corrected chi connectivity index (χ0v) is 17.3. The topological polar surface area (TPSA) is 76.7 Å². The van der Waals surface area contributed by atoms with E-state index in [9.17, 15) is 17.2 Å². The summed E-state index contributed by atoms with van der Waals surface area (Å²) in [5, 5.41) is 2.85. The Morgan fingerprint density at radius 3 is 2.32 bits per heavy atom. The fourth-order valence-electron chi connectivity index (χ4n) is 2.71. The third kappa shape index (κ3) is 3.54. The van der Waals surface area contributed by atoms with Gasteiger partial charge in [0.05, 0.1) is 16.9 Å². The Morgan fingerprint density at radius 2 is 1.75 bits per heavy atom. The first-order chi connectivity index (χ1) is 12.8. The Kier molecular flexibility index (Phi) is 5.07. The fourth-order valence-corrected chi connectivity index (χ4v) is 4.22. The minimum atomic E-state index is -4.39. The summed E-state index contributed by atoms with van der Waals surface area (Å²) < 4.78 is 66.7. The minimum absolute atomic E-state index is 0.0288. The maximum absolute atomic E-state index is 14.0. The van der Waals surface area contributed by atoms with Gasteiger partial charge in [-0.05, 0) is 58.2 Å². The van der Waals surface area contributed by atoms with Crippen LogP contribution in [0.2, 0.25) is 0 Å². The second-order valence-electron chi connectivity index (χ2n) is 7.56. The number of halogens is 3. The van der Waals surface area contributed by atoms with Crippen molar-refractivity contribution < 1.29 is 26.5 Å². The van der Waals surface area contributed by atoms with Crippen LogP contribution in [0.3, 0.4) is 0 Å². The lowest BCUT2D eigenvalue weighted by Gasteiger charge is -2.34. The highest BCUT2D eigenvalue weighted by Gasteiger charge is 2.61. The molecular formula is C17H20BClF2N2O4S. The third-order valence-corrected chi connectivity index (χ3v) is 6.94. The number of hydrogen-bond acceptors (Lipinski definition) is 5. The van der Waals surface area contributed by atoms with Gasteiger partial charge in [-0.2, -0.15) is 0 Å². The molecule has 0 spiro atoms. The maximum atomic E-state index is 14.0. The largest absolute Gasteiger partial charge is 0.508 e. The molecule has 2 N–H and O–H groups in total. The number of allylic oxidation sites excluding steroid dienone is 2. The zero-order chi connectivity index (χ0) is 21.0. The van der Waals surface area contributed by atoms with E-state index >= 15 is 0 Å². The maximum Gasteiger partial charge on any atom is 0.508 e. The van der Waals surface area contributed by atoms with Gasteiger partial charge in [-0.25, -0.2) is 17.2 Å². The van der Waals surface area contributed by atoms with Crippen molar-refractivity contribution in [2.45, 2.75) is 48.7 Å². The lowest BCUT2D eigenvalue weighted by Crippen LogP contribution is -2.58. The molecule has 0 saturated carbocycles. The van der Waals surface area contributed by atoms with Crippen molar-refractivity contribution in [2.24, 2.45) is 0 Å². The molecule has 0 amide bonds. The van der Waals surface area contributed by atoms with Crippen molar-refractivity contribution in [3.05, 3.63) is 53.9 Å². The average molecular weight is 433 g/mol.